The van der Waals surface area contributed by atoms with Crippen LogP contribution in [0.4, 0.5) is 5.82 Å². The highest BCUT2D eigenvalue weighted by Crippen LogP contribution is 2.32. The third-order valence-corrected chi connectivity index (χ3v) is 5.36. The van der Waals surface area contributed by atoms with Crippen LogP contribution in [0.1, 0.15) is 30.0 Å². The number of ether oxygens (including phenoxy) is 1. The average molecular weight is 420 g/mol. The highest BCUT2D eigenvalue weighted by Gasteiger charge is 2.14. The van der Waals surface area contributed by atoms with Crippen LogP contribution in [0.3, 0.4) is 0 Å². The van der Waals surface area contributed by atoms with Crippen LogP contribution in [0.25, 0.3) is 22.4 Å². The first-order valence-electron chi connectivity index (χ1n) is 10.7. The van der Waals surface area contributed by atoms with Crippen molar-refractivity contribution in [2.24, 2.45) is 0 Å². The molecule has 3 aromatic carbocycles. The van der Waals surface area contributed by atoms with Gasteiger partial charge >= 0.3 is 0 Å². The van der Waals surface area contributed by atoms with E-state index >= 15 is 0 Å². The molecule has 4 aromatic rings. The quantitative estimate of drug-likeness (QED) is 0.376. The van der Waals surface area contributed by atoms with E-state index < -0.39 is 0 Å². The minimum atomic E-state index is 0.238. The lowest BCUT2D eigenvalue weighted by Crippen LogP contribution is -2.00. The molecule has 0 amide bonds. The molecule has 1 aromatic heterocycles. The lowest BCUT2D eigenvalue weighted by Gasteiger charge is -2.12. The molecule has 32 heavy (non-hydrogen) atoms. The highest BCUT2D eigenvalue weighted by molar-refractivity contribution is 5.80. The summed E-state index contributed by atoms with van der Waals surface area (Å²) in [4.78, 5) is 4.49. The summed E-state index contributed by atoms with van der Waals surface area (Å²) in [7, 11) is 0. The maximum absolute atomic E-state index is 9.69. The summed E-state index contributed by atoms with van der Waals surface area (Å²) in [6.07, 6.45) is 2.16. The van der Waals surface area contributed by atoms with Crippen LogP contribution < -0.4 is 10.5 Å². The molecule has 1 heterocycles. The van der Waals surface area contributed by atoms with Crippen molar-refractivity contribution >= 4 is 5.82 Å². The average Bonchev–Trinajstić information content (AvgIpc) is 2.84. The van der Waals surface area contributed by atoms with Gasteiger partial charge in [0.05, 0.1) is 5.69 Å². The van der Waals surface area contributed by atoms with Crippen LogP contribution in [-0.2, 0) is 13.0 Å². The van der Waals surface area contributed by atoms with E-state index in [1.54, 1.807) is 0 Å². The molecule has 0 saturated heterocycles. The molecule has 0 atom stereocenters. The monoisotopic (exact) mass is 419 g/mol. The second-order valence-electron chi connectivity index (χ2n) is 7.67. The lowest BCUT2D eigenvalue weighted by molar-refractivity contribution is 0.306. The van der Waals surface area contributed by atoms with Gasteiger partial charge in [-0.3, -0.25) is 0 Å². The van der Waals surface area contributed by atoms with Crippen molar-refractivity contribution in [3.8, 4) is 34.2 Å². The Morgan fingerprint density at radius 1 is 0.875 bits per heavy atom. The number of aryl methyl sites for hydroxylation is 1. The maximum Gasteiger partial charge on any atom is 0.142 e. The summed E-state index contributed by atoms with van der Waals surface area (Å²) in [5.74, 6) is 1.01. The molecular formula is C28H25N3O. The first kappa shape index (κ1) is 21.1. The number of aromatic nitrogens is 1. The van der Waals surface area contributed by atoms with Crippen LogP contribution in [0.15, 0.2) is 84.9 Å². The number of benzene rings is 3. The summed E-state index contributed by atoms with van der Waals surface area (Å²) in [6.45, 7) is 2.67. The number of nitriles is 1. The molecule has 0 aliphatic heterocycles. The summed E-state index contributed by atoms with van der Waals surface area (Å²) in [5, 5.41) is 9.69. The van der Waals surface area contributed by atoms with Gasteiger partial charge in [0.15, 0.2) is 0 Å². The van der Waals surface area contributed by atoms with E-state index in [9.17, 15) is 5.26 Å². The summed E-state index contributed by atoms with van der Waals surface area (Å²) >= 11 is 0. The number of anilines is 1. The molecular weight excluding hydrogens is 394 g/mol. The predicted molar refractivity (Wildman–Crippen MR) is 129 cm³/mol. The predicted octanol–water partition coefficient (Wildman–Crippen LogP) is 6.40. The third-order valence-electron chi connectivity index (χ3n) is 5.36. The Labute approximate surface area is 188 Å². The maximum atomic E-state index is 9.69. The third kappa shape index (κ3) is 4.79. The standard InChI is InChI=1S/C28H25N3O/c1-2-6-20-9-11-23(12-10-20)27-17-25(26(18-29)28(30)31-27)22-13-15-24(16-14-22)32-19-21-7-4-3-5-8-21/h3-5,7-17H,2,6,19H2,1H3,(H2,30,31). The van der Waals surface area contributed by atoms with E-state index in [0.717, 1.165) is 46.5 Å². The van der Waals surface area contributed by atoms with Crippen LogP contribution in [0, 0.1) is 11.3 Å². The van der Waals surface area contributed by atoms with Gasteiger partial charge in [-0.2, -0.15) is 5.26 Å². The van der Waals surface area contributed by atoms with Crippen molar-refractivity contribution in [3.63, 3.8) is 0 Å². The lowest BCUT2D eigenvalue weighted by atomic mass is 9.98. The van der Waals surface area contributed by atoms with Crippen molar-refractivity contribution in [1.29, 1.82) is 5.26 Å². The van der Waals surface area contributed by atoms with Gasteiger partial charge in [0, 0.05) is 11.1 Å². The van der Waals surface area contributed by atoms with Gasteiger partial charge in [-0.25, -0.2) is 4.98 Å². The van der Waals surface area contributed by atoms with E-state index in [1.165, 1.54) is 5.56 Å². The second-order valence-corrected chi connectivity index (χ2v) is 7.67. The van der Waals surface area contributed by atoms with Crippen LogP contribution >= 0.6 is 0 Å². The number of nitrogen functional groups attached to an aromatic ring is 1. The van der Waals surface area contributed by atoms with Crippen molar-refractivity contribution < 1.29 is 4.74 Å². The zero-order valence-corrected chi connectivity index (χ0v) is 18.1. The molecule has 4 rings (SSSR count). The fourth-order valence-electron chi connectivity index (χ4n) is 3.66. The fraction of sp³-hybridized carbons (Fsp3) is 0.143. The van der Waals surface area contributed by atoms with Crippen molar-refractivity contribution in [3.05, 3.63) is 102 Å². The molecule has 2 N–H and O–H groups in total. The number of nitrogens with two attached hydrogens (primary N) is 1. The molecule has 4 heteroatoms. The normalized spacial score (nSPS) is 10.5. The van der Waals surface area contributed by atoms with Gasteiger partial charge in [0.25, 0.3) is 0 Å². The van der Waals surface area contributed by atoms with Crippen molar-refractivity contribution in [2.45, 2.75) is 26.4 Å². The van der Waals surface area contributed by atoms with Crippen LogP contribution in [-0.4, -0.2) is 4.98 Å². The van der Waals surface area contributed by atoms with E-state index in [1.807, 2.05) is 60.7 Å². The van der Waals surface area contributed by atoms with Crippen LogP contribution in [0.2, 0.25) is 0 Å². The Bertz CT molecular complexity index is 1220. The second kappa shape index (κ2) is 9.80. The topological polar surface area (TPSA) is 71.9 Å². The molecule has 0 aliphatic carbocycles. The molecule has 0 spiro atoms. The first-order chi connectivity index (χ1) is 15.7. The van der Waals surface area contributed by atoms with E-state index in [4.69, 9.17) is 10.5 Å². The molecule has 4 nitrogen and oxygen atoms in total. The van der Waals surface area contributed by atoms with E-state index in [-0.39, 0.29) is 5.82 Å². The Balaban J connectivity index is 1.61. The fourth-order valence-corrected chi connectivity index (χ4v) is 3.66. The Hall–Kier alpha value is -4.10. The Morgan fingerprint density at radius 3 is 2.22 bits per heavy atom. The number of hydrogen-bond donors (Lipinski definition) is 1. The minimum absolute atomic E-state index is 0.238. The summed E-state index contributed by atoms with van der Waals surface area (Å²) in [6, 6.07) is 30.3. The summed E-state index contributed by atoms with van der Waals surface area (Å²) in [5.41, 5.74) is 12.4. The van der Waals surface area contributed by atoms with Gasteiger partial charge < -0.3 is 10.5 Å². The first-order valence-corrected chi connectivity index (χ1v) is 10.7. The van der Waals surface area contributed by atoms with Gasteiger partial charge in [-0.15, -0.1) is 0 Å². The van der Waals surface area contributed by atoms with Gasteiger partial charge in [0.1, 0.15) is 29.8 Å². The highest BCUT2D eigenvalue weighted by atomic mass is 16.5. The molecule has 158 valence electrons. The molecule has 0 saturated carbocycles. The molecule has 0 fully saturated rings. The Morgan fingerprint density at radius 2 is 1.56 bits per heavy atom. The van der Waals surface area contributed by atoms with Gasteiger partial charge in [-0.1, -0.05) is 80.1 Å². The summed E-state index contributed by atoms with van der Waals surface area (Å²) < 4.78 is 5.89. The molecule has 0 unspecified atom stereocenters. The largest absolute Gasteiger partial charge is 0.489 e. The molecule has 0 aliphatic rings. The molecule has 0 radical (unpaired) electrons. The minimum Gasteiger partial charge on any atom is -0.489 e. The number of pyridine rings is 1. The zero-order valence-electron chi connectivity index (χ0n) is 18.1. The van der Waals surface area contributed by atoms with Crippen molar-refractivity contribution in [2.75, 3.05) is 5.73 Å². The van der Waals surface area contributed by atoms with Gasteiger partial charge in [-0.05, 0) is 41.3 Å². The smallest absolute Gasteiger partial charge is 0.142 e. The number of hydrogen-bond acceptors (Lipinski definition) is 4. The SMILES string of the molecule is CCCc1ccc(-c2cc(-c3ccc(OCc4ccccc4)cc3)c(C#N)c(N)n2)cc1. The van der Waals surface area contributed by atoms with Crippen LogP contribution in [0.5, 0.6) is 5.75 Å². The van der Waals surface area contributed by atoms with E-state index in [2.05, 4.69) is 42.2 Å². The van der Waals surface area contributed by atoms with E-state index in [0.29, 0.717) is 12.2 Å². The van der Waals surface area contributed by atoms with Crippen molar-refractivity contribution in [1.82, 2.24) is 4.98 Å². The molecule has 0 bridgehead atoms. The Kier molecular flexibility index (Phi) is 6.48. The van der Waals surface area contributed by atoms with Gasteiger partial charge in [0.2, 0.25) is 0 Å². The number of nitrogens with zero attached hydrogens (tertiary/aromatic N) is 2. The number of rotatable bonds is 7. The zero-order chi connectivity index (χ0) is 22.3.